The number of rotatable bonds is 6. The second-order valence-corrected chi connectivity index (χ2v) is 7.69. The van der Waals surface area contributed by atoms with E-state index in [0.717, 1.165) is 45.1 Å². The molecule has 2 rings (SSSR count). The van der Waals surface area contributed by atoms with Gasteiger partial charge in [0.15, 0.2) is 6.29 Å². The molecular formula is C18H32O5. The van der Waals surface area contributed by atoms with Crippen LogP contribution in [0.25, 0.3) is 0 Å². The maximum atomic E-state index is 11.6. The van der Waals surface area contributed by atoms with Gasteiger partial charge in [-0.25, -0.2) is 4.79 Å². The molecule has 0 aromatic rings. The molecule has 0 radical (unpaired) electrons. The summed E-state index contributed by atoms with van der Waals surface area (Å²) in [5.41, 5.74) is -0.454. The Morgan fingerprint density at radius 2 is 1.96 bits per heavy atom. The quantitative estimate of drug-likeness (QED) is 0.699. The Morgan fingerprint density at radius 3 is 2.65 bits per heavy atom. The number of ether oxygens (including phenoxy) is 4. The summed E-state index contributed by atoms with van der Waals surface area (Å²) < 4.78 is 22.5. The lowest BCUT2D eigenvalue weighted by molar-refractivity contribution is -0.197. The topological polar surface area (TPSA) is 54.0 Å². The molecule has 1 saturated heterocycles. The molecule has 0 N–H and O–H groups in total. The first kappa shape index (κ1) is 18.7. The lowest BCUT2D eigenvalue weighted by Crippen LogP contribution is -2.33. The highest BCUT2D eigenvalue weighted by Crippen LogP contribution is 2.29. The van der Waals surface area contributed by atoms with Crippen LogP contribution in [0.2, 0.25) is 0 Å². The molecule has 5 heteroatoms. The largest absolute Gasteiger partial charge is 0.458 e. The molecule has 1 aliphatic heterocycles. The predicted octanol–water partition coefficient (Wildman–Crippen LogP) is 3.45. The minimum Gasteiger partial charge on any atom is -0.458 e. The van der Waals surface area contributed by atoms with Gasteiger partial charge in [-0.2, -0.15) is 0 Å². The van der Waals surface area contributed by atoms with Crippen LogP contribution < -0.4 is 0 Å². The average Bonchev–Trinajstić information content (AvgIpc) is 2.47. The highest BCUT2D eigenvalue weighted by atomic mass is 16.7. The van der Waals surface area contributed by atoms with E-state index in [2.05, 4.69) is 0 Å². The molecule has 2 aliphatic rings. The monoisotopic (exact) mass is 328 g/mol. The standard InChI is InChI=1S/C18H32O5/c1-18(2,3)23-16(19)13-20-12-14-7-6-8-15(11-14)22-17-9-4-5-10-21-17/h14-15,17H,4-13H2,1-3H3/t14-,15+,17?/m1/s1. The third kappa shape index (κ3) is 7.64. The van der Waals surface area contributed by atoms with Gasteiger partial charge in [-0.15, -0.1) is 0 Å². The Labute approximate surface area is 140 Å². The summed E-state index contributed by atoms with van der Waals surface area (Å²) in [6.07, 6.45) is 7.98. The fraction of sp³-hybridized carbons (Fsp3) is 0.944. The normalized spacial score (nSPS) is 29.3. The molecule has 0 aromatic heterocycles. The van der Waals surface area contributed by atoms with Crippen molar-refractivity contribution in [3.05, 3.63) is 0 Å². The number of hydrogen-bond acceptors (Lipinski definition) is 5. The van der Waals surface area contributed by atoms with E-state index in [4.69, 9.17) is 18.9 Å². The molecule has 0 spiro atoms. The first-order valence-electron chi connectivity index (χ1n) is 8.99. The van der Waals surface area contributed by atoms with Gasteiger partial charge in [-0.3, -0.25) is 0 Å². The van der Waals surface area contributed by atoms with E-state index in [0.29, 0.717) is 12.5 Å². The van der Waals surface area contributed by atoms with Crippen LogP contribution >= 0.6 is 0 Å². The highest BCUT2D eigenvalue weighted by molar-refractivity contribution is 5.71. The molecule has 1 heterocycles. The smallest absolute Gasteiger partial charge is 0.332 e. The molecule has 23 heavy (non-hydrogen) atoms. The summed E-state index contributed by atoms with van der Waals surface area (Å²) >= 11 is 0. The van der Waals surface area contributed by atoms with E-state index in [9.17, 15) is 4.79 Å². The van der Waals surface area contributed by atoms with Crippen LogP contribution in [0.15, 0.2) is 0 Å². The Kier molecular flexibility index (Phi) is 7.31. The molecule has 2 fully saturated rings. The van der Waals surface area contributed by atoms with E-state index in [1.165, 1.54) is 6.42 Å². The molecular weight excluding hydrogens is 296 g/mol. The van der Waals surface area contributed by atoms with E-state index in [1.807, 2.05) is 20.8 Å². The van der Waals surface area contributed by atoms with E-state index in [1.54, 1.807) is 0 Å². The zero-order chi connectivity index (χ0) is 16.7. The lowest BCUT2D eigenvalue weighted by atomic mass is 9.87. The second kappa shape index (κ2) is 9.00. The molecule has 1 saturated carbocycles. The van der Waals surface area contributed by atoms with Gasteiger partial charge in [0.1, 0.15) is 12.2 Å². The summed E-state index contributed by atoms with van der Waals surface area (Å²) in [6.45, 7) is 7.04. The molecule has 3 atom stereocenters. The van der Waals surface area contributed by atoms with Gasteiger partial charge in [-0.05, 0) is 65.2 Å². The van der Waals surface area contributed by atoms with Crippen LogP contribution in [0.4, 0.5) is 0 Å². The number of carbonyl (C=O) groups excluding carboxylic acids is 1. The number of esters is 1. The van der Waals surface area contributed by atoms with Crippen LogP contribution in [0.1, 0.15) is 65.7 Å². The molecule has 134 valence electrons. The Morgan fingerprint density at radius 1 is 1.13 bits per heavy atom. The van der Waals surface area contributed by atoms with Crippen LogP contribution in [-0.4, -0.2) is 43.8 Å². The minimum atomic E-state index is -0.454. The fourth-order valence-electron chi connectivity index (χ4n) is 3.23. The van der Waals surface area contributed by atoms with E-state index >= 15 is 0 Å². The average molecular weight is 328 g/mol. The molecule has 0 bridgehead atoms. The third-order valence-electron chi connectivity index (χ3n) is 4.21. The van der Waals surface area contributed by atoms with Crippen LogP contribution in [0.3, 0.4) is 0 Å². The summed E-state index contributed by atoms with van der Waals surface area (Å²) in [4.78, 5) is 11.6. The highest BCUT2D eigenvalue weighted by Gasteiger charge is 2.26. The molecule has 0 amide bonds. The SMILES string of the molecule is CC(C)(C)OC(=O)COC[C@@H]1CCC[C@H](OC2CCCCO2)C1. The Hall–Kier alpha value is -0.650. The Balaban J connectivity index is 1.62. The predicted molar refractivity (Wildman–Crippen MR) is 87.1 cm³/mol. The Bertz CT molecular complexity index is 357. The molecule has 0 aromatic carbocycles. The van der Waals surface area contributed by atoms with Crippen molar-refractivity contribution in [1.29, 1.82) is 0 Å². The summed E-state index contributed by atoms with van der Waals surface area (Å²) in [5.74, 6) is 0.163. The van der Waals surface area contributed by atoms with Gasteiger partial charge in [0.2, 0.25) is 0 Å². The number of hydrogen-bond donors (Lipinski definition) is 0. The molecule has 1 aliphatic carbocycles. The lowest BCUT2D eigenvalue weighted by Gasteiger charge is -2.33. The van der Waals surface area contributed by atoms with Gasteiger partial charge in [-0.1, -0.05) is 6.42 Å². The zero-order valence-electron chi connectivity index (χ0n) is 14.8. The second-order valence-electron chi connectivity index (χ2n) is 7.69. The minimum absolute atomic E-state index is 0.0184. The van der Waals surface area contributed by atoms with Gasteiger partial charge in [0.25, 0.3) is 0 Å². The van der Waals surface area contributed by atoms with Crippen molar-refractivity contribution < 1.29 is 23.7 Å². The maximum Gasteiger partial charge on any atom is 0.332 e. The third-order valence-corrected chi connectivity index (χ3v) is 4.21. The number of carbonyl (C=O) groups is 1. The van der Waals surface area contributed by atoms with Gasteiger partial charge in [0.05, 0.1) is 12.7 Å². The van der Waals surface area contributed by atoms with Gasteiger partial charge >= 0.3 is 5.97 Å². The zero-order valence-corrected chi connectivity index (χ0v) is 14.8. The van der Waals surface area contributed by atoms with Crippen LogP contribution in [-0.2, 0) is 23.7 Å². The van der Waals surface area contributed by atoms with Crippen molar-refractivity contribution in [2.24, 2.45) is 5.92 Å². The van der Waals surface area contributed by atoms with E-state index in [-0.39, 0.29) is 25.0 Å². The summed E-state index contributed by atoms with van der Waals surface area (Å²) in [7, 11) is 0. The fourth-order valence-corrected chi connectivity index (χ4v) is 3.23. The van der Waals surface area contributed by atoms with Crippen molar-refractivity contribution in [1.82, 2.24) is 0 Å². The van der Waals surface area contributed by atoms with Crippen molar-refractivity contribution in [3.63, 3.8) is 0 Å². The molecule has 5 nitrogen and oxygen atoms in total. The maximum absolute atomic E-state index is 11.6. The van der Waals surface area contributed by atoms with Crippen LogP contribution in [0, 0.1) is 5.92 Å². The van der Waals surface area contributed by atoms with Crippen molar-refractivity contribution in [2.45, 2.75) is 83.7 Å². The molecule has 1 unspecified atom stereocenters. The van der Waals surface area contributed by atoms with Crippen molar-refractivity contribution in [2.75, 3.05) is 19.8 Å². The first-order valence-corrected chi connectivity index (χ1v) is 8.99. The van der Waals surface area contributed by atoms with Crippen LogP contribution in [0.5, 0.6) is 0 Å². The van der Waals surface area contributed by atoms with Crippen molar-refractivity contribution in [3.8, 4) is 0 Å². The van der Waals surface area contributed by atoms with Crippen molar-refractivity contribution >= 4 is 5.97 Å². The van der Waals surface area contributed by atoms with Gasteiger partial charge < -0.3 is 18.9 Å². The summed E-state index contributed by atoms with van der Waals surface area (Å²) in [5, 5.41) is 0. The van der Waals surface area contributed by atoms with Gasteiger partial charge in [0, 0.05) is 6.61 Å². The summed E-state index contributed by atoms with van der Waals surface area (Å²) in [6, 6.07) is 0. The van der Waals surface area contributed by atoms with E-state index < -0.39 is 5.60 Å². The first-order chi connectivity index (χ1) is 10.9.